The van der Waals surface area contributed by atoms with Crippen molar-refractivity contribution >= 4 is 21.8 Å². The van der Waals surface area contributed by atoms with E-state index in [9.17, 15) is 22.4 Å². The second-order valence-corrected chi connectivity index (χ2v) is 10.7. The largest absolute Gasteiger partial charge is 0.344 e. The summed E-state index contributed by atoms with van der Waals surface area (Å²) in [6.45, 7) is 4.52. The van der Waals surface area contributed by atoms with Crippen LogP contribution in [0.4, 0.5) is 4.39 Å². The topological polar surface area (TPSA) is 86.8 Å². The third kappa shape index (κ3) is 5.63. The summed E-state index contributed by atoms with van der Waals surface area (Å²) in [5, 5.41) is 2.95. The highest BCUT2D eigenvalue weighted by atomic mass is 32.2. The molecular formula is C22H32FN3O4S. The van der Waals surface area contributed by atoms with Crippen molar-refractivity contribution in [2.24, 2.45) is 11.8 Å². The van der Waals surface area contributed by atoms with E-state index in [1.54, 1.807) is 4.90 Å². The standard InChI is InChI=1S/C22H32FN3O4S/c1-16(2)20(24-21(27)17-7-4-3-5-8-17)22(28)25-11-13-26(14-12-25)31(29,30)19-10-6-9-18(23)15-19/h6,9-10,15-17,20H,3-5,7-8,11-14H2,1-2H3,(H,24,27)/t20-/m0/s1. The maximum Gasteiger partial charge on any atom is 0.245 e. The minimum Gasteiger partial charge on any atom is -0.344 e. The molecule has 1 atom stereocenters. The van der Waals surface area contributed by atoms with Crippen molar-refractivity contribution in [3.05, 3.63) is 30.1 Å². The molecule has 0 aromatic heterocycles. The molecule has 2 amide bonds. The zero-order chi connectivity index (χ0) is 22.6. The smallest absolute Gasteiger partial charge is 0.245 e. The number of amides is 2. The molecule has 7 nitrogen and oxygen atoms in total. The highest BCUT2D eigenvalue weighted by molar-refractivity contribution is 7.89. The Morgan fingerprint density at radius 1 is 1.06 bits per heavy atom. The third-order valence-corrected chi connectivity index (χ3v) is 8.09. The summed E-state index contributed by atoms with van der Waals surface area (Å²) in [4.78, 5) is 27.3. The Balaban J connectivity index is 1.61. The third-order valence-electron chi connectivity index (χ3n) is 6.19. The maximum absolute atomic E-state index is 13.5. The first-order valence-electron chi connectivity index (χ1n) is 11.0. The summed E-state index contributed by atoms with van der Waals surface area (Å²) in [6.07, 6.45) is 4.96. The molecule has 1 aliphatic heterocycles. The van der Waals surface area contributed by atoms with Crippen LogP contribution >= 0.6 is 0 Å². The van der Waals surface area contributed by atoms with Gasteiger partial charge in [0.25, 0.3) is 0 Å². The molecule has 1 saturated heterocycles. The Bertz CT molecular complexity index is 892. The van der Waals surface area contributed by atoms with Gasteiger partial charge >= 0.3 is 0 Å². The van der Waals surface area contributed by atoms with Gasteiger partial charge in [0.15, 0.2) is 0 Å². The first kappa shape index (κ1) is 23.7. The molecule has 172 valence electrons. The number of piperazine rings is 1. The van der Waals surface area contributed by atoms with Crippen LogP contribution in [0.15, 0.2) is 29.2 Å². The van der Waals surface area contributed by atoms with Crippen molar-refractivity contribution in [3.63, 3.8) is 0 Å². The number of nitrogens with one attached hydrogen (secondary N) is 1. The highest BCUT2D eigenvalue weighted by Crippen LogP contribution is 2.24. The molecule has 2 aliphatic rings. The Morgan fingerprint density at radius 2 is 1.71 bits per heavy atom. The van der Waals surface area contributed by atoms with Crippen molar-refractivity contribution < 1.29 is 22.4 Å². The van der Waals surface area contributed by atoms with E-state index < -0.39 is 21.9 Å². The van der Waals surface area contributed by atoms with Crippen LogP contribution in [0.25, 0.3) is 0 Å². The normalized spacial score (nSPS) is 19.9. The van der Waals surface area contributed by atoms with Gasteiger partial charge in [-0.2, -0.15) is 4.31 Å². The lowest BCUT2D eigenvalue weighted by Gasteiger charge is -2.37. The van der Waals surface area contributed by atoms with Gasteiger partial charge in [-0.15, -0.1) is 0 Å². The number of benzene rings is 1. The fraction of sp³-hybridized carbons (Fsp3) is 0.636. The number of sulfonamides is 1. The zero-order valence-electron chi connectivity index (χ0n) is 18.2. The summed E-state index contributed by atoms with van der Waals surface area (Å²) < 4.78 is 40.3. The van der Waals surface area contributed by atoms with Crippen LogP contribution in [0.3, 0.4) is 0 Å². The Morgan fingerprint density at radius 3 is 2.29 bits per heavy atom. The van der Waals surface area contributed by atoms with Crippen molar-refractivity contribution in [2.45, 2.75) is 56.9 Å². The number of rotatable bonds is 6. The molecule has 0 bridgehead atoms. The van der Waals surface area contributed by atoms with Crippen LogP contribution in [0, 0.1) is 17.7 Å². The minimum absolute atomic E-state index is 0.0314. The predicted octanol–water partition coefficient (Wildman–Crippen LogP) is 2.38. The number of carbonyl (C=O) groups is 2. The van der Waals surface area contributed by atoms with E-state index in [0.29, 0.717) is 0 Å². The van der Waals surface area contributed by atoms with Gasteiger partial charge in [-0.25, -0.2) is 12.8 Å². The average Bonchev–Trinajstić information content (AvgIpc) is 2.77. The maximum atomic E-state index is 13.5. The fourth-order valence-electron chi connectivity index (χ4n) is 4.27. The lowest BCUT2D eigenvalue weighted by atomic mass is 9.88. The van der Waals surface area contributed by atoms with Crippen molar-refractivity contribution in [2.75, 3.05) is 26.2 Å². The molecule has 1 saturated carbocycles. The van der Waals surface area contributed by atoms with Crippen LogP contribution in [-0.4, -0.2) is 61.7 Å². The van der Waals surface area contributed by atoms with Crippen LogP contribution < -0.4 is 5.32 Å². The monoisotopic (exact) mass is 453 g/mol. The van der Waals surface area contributed by atoms with Gasteiger partial charge in [0.1, 0.15) is 11.9 Å². The molecule has 1 heterocycles. The van der Waals surface area contributed by atoms with Crippen molar-refractivity contribution in [1.29, 1.82) is 0 Å². The van der Waals surface area contributed by atoms with E-state index >= 15 is 0 Å². The average molecular weight is 454 g/mol. The Labute approximate surface area is 184 Å². The molecule has 9 heteroatoms. The van der Waals surface area contributed by atoms with E-state index in [1.165, 1.54) is 22.5 Å². The predicted molar refractivity (Wildman–Crippen MR) is 115 cm³/mol. The fourth-order valence-corrected chi connectivity index (χ4v) is 5.73. The van der Waals surface area contributed by atoms with Crippen molar-refractivity contribution in [3.8, 4) is 0 Å². The second kappa shape index (κ2) is 10.1. The number of halogens is 1. The van der Waals surface area contributed by atoms with Gasteiger partial charge < -0.3 is 10.2 Å². The van der Waals surface area contributed by atoms with Gasteiger partial charge in [0.05, 0.1) is 4.90 Å². The Hall–Kier alpha value is -2.00. The minimum atomic E-state index is -3.82. The van der Waals surface area contributed by atoms with Crippen LogP contribution in [0.2, 0.25) is 0 Å². The molecule has 0 radical (unpaired) electrons. The molecule has 1 aromatic carbocycles. The van der Waals surface area contributed by atoms with E-state index in [4.69, 9.17) is 0 Å². The summed E-state index contributed by atoms with van der Waals surface area (Å²) in [7, 11) is -3.82. The summed E-state index contributed by atoms with van der Waals surface area (Å²) >= 11 is 0. The molecule has 1 aromatic rings. The van der Waals surface area contributed by atoms with E-state index in [0.717, 1.165) is 38.2 Å². The van der Waals surface area contributed by atoms with Crippen LogP contribution in [0.5, 0.6) is 0 Å². The number of hydrogen-bond acceptors (Lipinski definition) is 4. The zero-order valence-corrected chi connectivity index (χ0v) is 19.0. The van der Waals surface area contributed by atoms with E-state index in [2.05, 4.69) is 5.32 Å². The summed E-state index contributed by atoms with van der Waals surface area (Å²) in [6, 6.07) is 4.31. The quantitative estimate of drug-likeness (QED) is 0.717. The van der Waals surface area contributed by atoms with Crippen molar-refractivity contribution in [1.82, 2.24) is 14.5 Å². The second-order valence-electron chi connectivity index (χ2n) is 8.75. The first-order chi connectivity index (χ1) is 14.7. The first-order valence-corrected chi connectivity index (χ1v) is 12.5. The number of hydrogen-bond donors (Lipinski definition) is 1. The molecule has 31 heavy (non-hydrogen) atoms. The molecular weight excluding hydrogens is 421 g/mol. The SMILES string of the molecule is CC(C)[C@H](NC(=O)C1CCCCC1)C(=O)N1CCN(S(=O)(=O)c2cccc(F)c2)CC1. The number of nitrogens with zero attached hydrogens (tertiary/aromatic N) is 2. The molecule has 1 aliphatic carbocycles. The van der Waals surface area contributed by atoms with Crippen LogP contribution in [0.1, 0.15) is 46.0 Å². The van der Waals surface area contributed by atoms with E-state index in [-0.39, 0.29) is 54.7 Å². The summed E-state index contributed by atoms with van der Waals surface area (Å²) in [5.74, 6) is -0.949. The molecule has 2 fully saturated rings. The molecule has 3 rings (SSSR count). The van der Waals surface area contributed by atoms with Gasteiger partial charge in [-0.1, -0.05) is 39.2 Å². The van der Waals surface area contributed by atoms with E-state index in [1.807, 2.05) is 13.8 Å². The van der Waals surface area contributed by atoms with Crippen LogP contribution in [-0.2, 0) is 19.6 Å². The van der Waals surface area contributed by atoms with Gasteiger partial charge in [-0.05, 0) is 37.0 Å². The van der Waals surface area contributed by atoms with Gasteiger partial charge in [0.2, 0.25) is 21.8 Å². The molecule has 0 unspecified atom stereocenters. The molecule has 1 N–H and O–H groups in total. The lowest BCUT2D eigenvalue weighted by Crippen LogP contribution is -2.57. The van der Waals surface area contributed by atoms with Gasteiger partial charge in [-0.3, -0.25) is 9.59 Å². The lowest BCUT2D eigenvalue weighted by molar-refractivity contribution is -0.139. The Kier molecular flexibility index (Phi) is 7.69. The van der Waals surface area contributed by atoms with Gasteiger partial charge in [0, 0.05) is 32.1 Å². The molecule has 0 spiro atoms. The number of carbonyl (C=O) groups excluding carboxylic acids is 2. The highest BCUT2D eigenvalue weighted by Gasteiger charge is 2.35. The summed E-state index contributed by atoms with van der Waals surface area (Å²) in [5.41, 5.74) is 0.